The molecule has 0 radical (unpaired) electrons. The van der Waals surface area contributed by atoms with Crippen molar-refractivity contribution in [1.82, 2.24) is 0 Å². The van der Waals surface area contributed by atoms with Crippen LogP contribution in [-0.4, -0.2) is 21.9 Å². The van der Waals surface area contributed by atoms with Gasteiger partial charge in [0.2, 0.25) is 5.75 Å². The topological polar surface area (TPSA) is 82.0 Å². The van der Waals surface area contributed by atoms with Crippen molar-refractivity contribution in [3.63, 3.8) is 0 Å². The second kappa shape index (κ2) is 6.74. The third-order valence-corrected chi connectivity index (χ3v) is 3.00. The quantitative estimate of drug-likeness (QED) is 0.614. The van der Waals surface area contributed by atoms with Crippen molar-refractivity contribution < 1.29 is 20.1 Å². The van der Waals surface area contributed by atoms with Gasteiger partial charge >= 0.3 is 0 Å². The van der Waals surface area contributed by atoms with Crippen LogP contribution in [-0.2, 0) is 6.54 Å². The summed E-state index contributed by atoms with van der Waals surface area (Å²) in [6, 6.07) is 10.4. The molecule has 0 saturated heterocycles. The van der Waals surface area contributed by atoms with Gasteiger partial charge < -0.3 is 25.4 Å². The van der Waals surface area contributed by atoms with Gasteiger partial charge in [-0.3, -0.25) is 0 Å². The lowest BCUT2D eigenvalue weighted by atomic mass is 10.1. The molecule has 0 fully saturated rings. The lowest BCUT2D eigenvalue weighted by Gasteiger charge is -2.11. The fraction of sp³-hybridized carbons (Fsp3) is 0.250. The molecule has 0 aliphatic heterocycles. The highest BCUT2D eigenvalue weighted by atomic mass is 16.5. The van der Waals surface area contributed by atoms with Crippen molar-refractivity contribution in [2.24, 2.45) is 0 Å². The van der Waals surface area contributed by atoms with Gasteiger partial charge in [0.25, 0.3) is 0 Å². The molecule has 5 heteroatoms. The summed E-state index contributed by atoms with van der Waals surface area (Å²) in [5, 5.41) is 31.6. The smallest absolute Gasteiger partial charge is 0.200 e. The summed E-state index contributed by atoms with van der Waals surface area (Å²) in [5.74, 6) is -0.388. The molecule has 0 heterocycles. The van der Waals surface area contributed by atoms with Crippen molar-refractivity contribution in [2.75, 3.05) is 11.9 Å². The number of nitrogens with one attached hydrogen (secondary N) is 1. The maximum Gasteiger partial charge on any atom is 0.200 e. The lowest BCUT2D eigenvalue weighted by Crippen LogP contribution is -2.01. The van der Waals surface area contributed by atoms with Crippen LogP contribution >= 0.6 is 0 Å². The molecular formula is C16H19NO4. The molecule has 0 aliphatic rings. The second-order valence-corrected chi connectivity index (χ2v) is 4.67. The van der Waals surface area contributed by atoms with Crippen LogP contribution in [0.2, 0.25) is 0 Å². The molecule has 0 atom stereocenters. The van der Waals surface area contributed by atoms with E-state index in [9.17, 15) is 15.3 Å². The van der Waals surface area contributed by atoms with Gasteiger partial charge in [0.1, 0.15) is 5.75 Å². The zero-order valence-electron chi connectivity index (χ0n) is 11.8. The average Bonchev–Trinajstić information content (AvgIpc) is 2.50. The van der Waals surface area contributed by atoms with Gasteiger partial charge in [-0.25, -0.2) is 0 Å². The molecule has 0 aliphatic carbocycles. The van der Waals surface area contributed by atoms with Gasteiger partial charge in [-0.2, -0.15) is 0 Å². The number of phenolic OH excluding ortho intramolecular Hbond substituents is 3. The number of benzene rings is 2. The fourth-order valence-electron chi connectivity index (χ4n) is 1.87. The number of ether oxygens (including phenoxy) is 1. The van der Waals surface area contributed by atoms with Crippen molar-refractivity contribution >= 4 is 5.69 Å². The van der Waals surface area contributed by atoms with E-state index in [1.165, 1.54) is 6.07 Å². The second-order valence-electron chi connectivity index (χ2n) is 4.67. The standard InChI is InChI=1S/C16H19NO4/c1-2-8-21-13-5-3-4-12(9-13)17-10-11-6-7-14(18)16(20)15(11)19/h3-7,9,17-20H,2,8,10H2,1H3. The third kappa shape index (κ3) is 3.72. The molecule has 0 amide bonds. The molecule has 0 unspecified atom stereocenters. The number of anilines is 1. The Labute approximate surface area is 123 Å². The van der Waals surface area contributed by atoms with Crippen molar-refractivity contribution in [1.29, 1.82) is 0 Å². The van der Waals surface area contributed by atoms with Crippen molar-refractivity contribution in [3.05, 3.63) is 42.0 Å². The summed E-state index contributed by atoms with van der Waals surface area (Å²) in [5.41, 5.74) is 1.33. The van der Waals surface area contributed by atoms with Gasteiger partial charge in [-0.1, -0.05) is 13.0 Å². The Morgan fingerprint density at radius 3 is 2.62 bits per heavy atom. The summed E-state index contributed by atoms with van der Waals surface area (Å²) < 4.78 is 5.54. The average molecular weight is 289 g/mol. The molecule has 0 aromatic heterocycles. The molecule has 0 saturated carbocycles. The van der Waals surface area contributed by atoms with Gasteiger partial charge in [-0.15, -0.1) is 0 Å². The first-order chi connectivity index (χ1) is 10.1. The SMILES string of the molecule is CCCOc1cccc(NCc2ccc(O)c(O)c2O)c1. The highest BCUT2D eigenvalue weighted by Crippen LogP contribution is 2.37. The highest BCUT2D eigenvalue weighted by Gasteiger charge is 2.10. The zero-order chi connectivity index (χ0) is 15.2. The minimum absolute atomic E-state index is 0.316. The van der Waals surface area contributed by atoms with Crippen molar-refractivity contribution in [3.8, 4) is 23.0 Å². The maximum absolute atomic E-state index is 9.75. The number of rotatable bonds is 6. The van der Waals surface area contributed by atoms with E-state index in [4.69, 9.17) is 4.74 Å². The molecule has 2 aromatic carbocycles. The predicted molar refractivity (Wildman–Crippen MR) is 81.0 cm³/mol. The normalized spacial score (nSPS) is 10.3. The van der Waals surface area contributed by atoms with Gasteiger partial charge in [0.05, 0.1) is 6.61 Å². The van der Waals surface area contributed by atoms with Crippen LogP contribution in [0.3, 0.4) is 0 Å². The summed E-state index contributed by atoms with van der Waals surface area (Å²) in [7, 11) is 0. The number of phenols is 3. The van der Waals surface area contributed by atoms with E-state index in [1.54, 1.807) is 6.07 Å². The first kappa shape index (κ1) is 14.8. The van der Waals surface area contributed by atoms with Crippen LogP contribution in [0.4, 0.5) is 5.69 Å². The molecule has 21 heavy (non-hydrogen) atoms. The Hall–Kier alpha value is -2.56. The minimum atomic E-state index is -0.505. The Morgan fingerprint density at radius 2 is 1.86 bits per heavy atom. The van der Waals surface area contributed by atoms with Gasteiger partial charge in [-0.05, 0) is 30.7 Å². The summed E-state index contributed by atoms with van der Waals surface area (Å²) >= 11 is 0. The van der Waals surface area contributed by atoms with E-state index >= 15 is 0 Å². The van der Waals surface area contributed by atoms with Crippen LogP contribution in [0.5, 0.6) is 23.0 Å². The molecule has 5 nitrogen and oxygen atoms in total. The van der Waals surface area contributed by atoms with Gasteiger partial charge in [0, 0.05) is 23.9 Å². The van der Waals surface area contributed by atoms with Gasteiger partial charge in [0.15, 0.2) is 11.5 Å². The van der Waals surface area contributed by atoms with Crippen LogP contribution in [0, 0.1) is 0 Å². The van der Waals surface area contributed by atoms with E-state index < -0.39 is 5.75 Å². The fourth-order valence-corrected chi connectivity index (χ4v) is 1.87. The largest absolute Gasteiger partial charge is 0.504 e. The van der Waals surface area contributed by atoms with Crippen LogP contribution in [0.25, 0.3) is 0 Å². The molecule has 112 valence electrons. The Bertz CT molecular complexity index is 613. The summed E-state index contributed by atoms with van der Waals surface area (Å²) in [6.07, 6.45) is 0.943. The number of aromatic hydroxyl groups is 3. The number of hydrogen-bond donors (Lipinski definition) is 4. The zero-order valence-corrected chi connectivity index (χ0v) is 11.8. The first-order valence-corrected chi connectivity index (χ1v) is 6.81. The molecule has 0 spiro atoms. The van der Waals surface area contributed by atoms with Crippen molar-refractivity contribution in [2.45, 2.75) is 19.9 Å². The van der Waals surface area contributed by atoms with E-state index in [-0.39, 0.29) is 11.5 Å². The molecular weight excluding hydrogens is 270 g/mol. The number of hydrogen-bond acceptors (Lipinski definition) is 5. The van der Waals surface area contributed by atoms with Crippen LogP contribution in [0.1, 0.15) is 18.9 Å². The molecule has 0 bridgehead atoms. The van der Waals surface area contributed by atoms with Crippen LogP contribution < -0.4 is 10.1 Å². The van der Waals surface area contributed by atoms with Crippen LogP contribution in [0.15, 0.2) is 36.4 Å². The third-order valence-electron chi connectivity index (χ3n) is 3.00. The molecule has 2 aromatic rings. The predicted octanol–water partition coefficient (Wildman–Crippen LogP) is 3.20. The maximum atomic E-state index is 9.75. The molecule has 4 N–H and O–H groups in total. The Kier molecular flexibility index (Phi) is 4.77. The minimum Gasteiger partial charge on any atom is -0.504 e. The Morgan fingerprint density at radius 1 is 1.05 bits per heavy atom. The van der Waals surface area contributed by atoms with E-state index in [0.717, 1.165) is 17.9 Å². The van der Waals surface area contributed by atoms with E-state index in [1.807, 2.05) is 31.2 Å². The summed E-state index contributed by atoms with van der Waals surface area (Å²) in [6.45, 7) is 3.02. The monoisotopic (exact) mass is 289 g/mol. The summed E-state index contributed by atoms with van der Waals surface area (Å²) in [4.78, 5) is 0. The lowest BCUT2D eigenvalue weighted by molar-refractivity contribution is 0.317. The Balaban J connectivity index is 2.04. The van der Waals surface area contributed by atoms with E-state index in [0.29, 0.717) is 18.7 Å². The highest BCUT2D eigenvalue weighted by molar-refractivity contribution is 5.55. The first-order valence-electron chi connectivity index (χ1n) is 6.81. The van der Waals surface area contributed by atoms with E-state index in [2.05, 4.69) is 5.32 Å². The molecule has 2 rings (SSSR count).